The summed E-state index contributed by atoms with van der Waals surface area (Å²) in [5.74, 6) is -0.287. The third-order valence-electron chi connectivity index (χ3n) is 6.52. The molecule has 0 unspecified atom stereocenters. The molecule has 0 spiro atoms. The molecule has 2 heterocycles. The molecule has 12 nitrogen and oxygen atoms in total. The number of aromatic hydroxyl groups is 1. The topological polar surface area (TPSA) is 163 Å². The van der Waals surface area contributed by atoms with Crippen molar-refractivity contribution in [3.8, 4) is 11.5 Å². The van der Waals surface area contributed by atoms with Crippen LogP contribution in [0.3, 0.4) is 0 Å². The van der Waals surface area contributed by atoms with Crippen LogP contribution in [0.15, 0.2) is 109 Å². The van der Waals surface area contributed by atoms with Crippen LogP contribution in [-0.4, -0.2) is 36.5 Å². The first kappa shape index (κ1) is 28.1. The molecular weight excluding hydrogens is 589 g/mol. The van der Waals surface area contributed by atoms with E-state index in [9.17, 15) is 13.5 Å². The molecule has 1 aliphatic rings. The van der Waals surface area contributed by atoms with E-state index in [2.05, 4.69) is 40.5 Å². The highest BCUT2D eigenvalue weighted by atomic mass is 32.2. The van der Waals surface area contributed by atoms with Crippen LogP contribution in [0.25, 0.3) is 10.8 Å². The number of benzene rings is 4. The molecule has 1 aliphatic heterocycles. The van der Waals surface area contributed by atoms with Gasteiger partial charge in [-0.25, -0.2) is 18.4 Å². The van der Waals surface area contributed by atoms with Crippen molar-refractivity contribution in [2.75, 3.05) is 23.0 Å². The zero-order valence-corrected chi connectivity index (χ0v) is 24.5. The highest BCUT2D eigenvalue weighted by Crippen LogP contribution is 2.45. The number of hydrogen-bond acceptors (Lipinski definition) is 13. The van der Waals surface area contributed by atoms with Crippen LogP contribution in [0, 0.1) is 6.92 Å². The van der Waals surface area contributed by atoms with Gasteiger partial charge in [0.25, 0.3) is 0 Å². The van der Waals surface area contributed by atoms with Gasteiger partial charge in [-0.3, -0.25) is 4.72 Å². The molecule has 0 fully saturated rings. The first-order valence-corrected chi connectivity index (χ1v) is 15.4. The summed E-state index contributed by atoms with van der Waals surface area (Å²) in [5, 5.41) is 32.2. The molecule has 43 heavy (non-hydrogen) atoms. The SMILES string of the molecule is CNc1ccc2cc3c(c(O)c2c1)N=Nc1cc(C)c(N=Nc2ccc(SNc4ncccn4)cc2)cc1OCS3(=O)=O. The number of phenolic OH excluding ortho intramolecular Hbond substituents is 1. The normalized spacial score (nSPS) is 13.8. The van der Waals surface area contributed by atoms with E-state index in [-0.39, 0.29) is 22.1 Å². The van der Waals surface area contributed by atoms with Gasteiger partial charge in [0.05, 0.1) is 11.4 Å². The third kappa shape index (κ3) is 5.96. The van der Waals surface area contributed by atoms with E-state index in [1.165, 1.54) is 18.0 Å². The molecule has 0 bridgehead atoms. The second-order valence-electron chi connectivity index (χ2n) is 9.41. The number of nitrogens with one attached hydrogen (secondary N) is 2. The van der Waals surface area contributed by atoms with Crippen molar-refractivity contribution in [1.82, 2.24) is 9.97 Å². The molecule has 0 saturated carbocycles. The van der Waals surface area contributed by atoms with Crippen LogP contribution in [0.4, 0.5) is 34.4 Å². The molecule has 0 amide bonds. The molecule has 0 aliphatic carbocycles. The Morgan fingerprint density at radius 2 is 1.77 bits per heavy atom. The van der Waals surface area contributed by atoms with E-state index in [0.29, 0.717) is 39.3 Å². The molecular formula is C29H24N8O4S2. The monoisotopic (exact) mass is 612 g/mol. The summed E-state index contributed by atoms with van der Waals surface area (Å²) in [6.45, 7) is 1.82. The summed E-state index contributed by atoms with van der Waals surface area (Å²) in [4.78, 5) is 9.01. The standard InChI is InChI=1S/C29H24N8O4S2/c1-17-12-24-25(15-23(17)34-33-19-6-8-21(9-7-19)42-37-29-31-10-3-11-32-29)41-16-43(39,40)26-13-18-4-5-20(30-2)14-22(18)28(38)27(26)36-35-24/h3-15,30,38H,16H2,1-2H3,(H,31,32,37). The van der Waals surface area contributed by atoms with Crippen LogP contribution in [0.5, 0.6) is 11.5 Å². The minimum atomic E-state index is -4.02. The number of phenols is 1. The molecule has 1 aromatic heterocycles. The van der Waals surface area contributed by atoms with Crippen LogP contribution >= 0.6 is 11.9 Å². The lowest BCUT2D eigenvalue weighted by Crippen LogP contribution is -2.12. The lowest BCUT2D eigenvalue weighted by molar-refractivity contribution is 0.378. The van der Waals surface area contributed by atoms with Gasteiger partial charge in [0.1, 0.15) is 16.3 Å². The summed E-state index contributed by atoms with van der Waals surface area (Å²) in [7, 11) is -2.27. The van der Waals surface area contributed by atoms with Gasteiger partial charge in [0.15, 0.2) is 17.4 Å². The highest BCUT2D eigenvalue weighted by molar-refractivity contribution is 8.00. The van der Waals surface area contributed by atoms with Gasteiger partial charge < -0.3 is 15.2 Å². The number of nitrogens with zero attached hydrogens (tertiary/aromatic N) is 6. The van der Waals surface area contributed by atoms with Crippen molar-refractivity contribution in [2.45, 2.75) is 16.7 Å². The Balaban J connectivity index is 1.27. The minimum absolute atomic E-state index is 0.147. The van der Waals surface area contributed by atoms with Gasteiger partial charge in [-0.05, 0) is 84.4 Å². The Hall–Kier alpha value is -5.08. The number of aryl methyl sites for hydroxylation is 1. The summed E-state index contributed by atoms with van der Waals surface area (Å²) in [6.07, 6.45) is 3.32. The number of ether oxygens (including phenoxy) is 1. The maximum atomic E-state index is 13.3. The fourth-order valence-electron chi connectivity index (χ4n) is 4.25. The first-order chi connectivity index (χ1) is 20.8. The summed E-state index contributed by atoms with van der Waals surface area (Å²) >= 11 is 1.37. The average Bonchev–Trinajstić information content (AvgIpc) is 3.07. The van der Waals surface area contributed by atoms with E-state index in [4.69, 9.17) is 4.74 Å². The second-order valence-corrected chi connectivity index (χ2v) is 12.2. The summed E-state index contributed by atoms with van der Waals surface area (Å²) in [6, 6.07) is 19.1. The number of azo groups is 2. The minimum Gasteiger partial charge on any atom is -0.505 e. The number of sulfone groups is 1. The molecule has 0 radical (unpaired) electrons. The van der Waals surface area contributed by atoms with E-state index >= 15 is 0 Å². The Morgan fingerprint density at radius 1 is 0.977 bits per heavy atom. The Labute approximate surface area is 251 Å². The van der Waals surface area contributed by atoms with E-state index < -0.39 is 15.8 Å². The van der Waals surface area contributed by atoms with Gasteiger partial charge in [0.2, 0.25) is 15.8 Å². The zero-order chi connectivity index (χ0) is 30.0. The van der Waals surface area contributed by atoms with Gasteiger partial charge in [-0.15, -0.1) is 10.2 Å². The van der Waals surface area contributed by atoms with E-state index in [0.717, 1.165) is 10.6 Å². The zero-order valence-electron chi connectivity index (χ0n) is 22.9. The Kier molecular flexibility index (Phi) is 7.61. The fourth-order valence-corrected chi connectivity index (χ4v) is 5.99. The Bertz CT molecular complexity index is 2000. The van der Waals surface area contributed by atoms with E-state index in [1.807, 2.05) is 31.2 Å². The van der Waals surface area contributed by atoms with Crippen molar-refractivity contribution in [2.24, 2.45) is 20.5 Å². The summed E-state index contributed by atoms with van der Waals surface area (Å²) in [5.41, 5.74) is 2.70. The fraction of sp³-hybridized carbons (Fsp3) is 0.103. The predicted octanol–water partition coefficient (Wildman–Crippen LogP) is 7.76. The predicted molar refractivity (Wildman–Crippen MR) is 165 cm³/mol. The molecule has 14 heteroatoms. The van der Waals surface area contributed by atoms with Crippen molar-refractivity contribution in [3.05, 3.63) is 84.7 Å². The second kappa shape index (κ2) is 11.7. The largest absolute Gasteiger partial charge is 0.505 e. The van der Waals surface area contributed by atoms with Gasteiger partial charge in [-0.2, -0.15) is 10.2 Å². The molecule has 5 aromatic rings. The van der Waals surface area contributed by atoms with Gasteiger partial charge in [0, 0.05) is 41.5 Å². The van der Waals surface area contributed by atoms with Crippen molar-refractivity contribution in [1.29, 1.82) is 0 Å². The lowest BCUT2D eigenvalue weighted by Gasteiger charge is -2.12. The van der Waals surface area contributed by atoms with Crippen LogP contribution in [-0.2, 0) is 9.84 Å². The number of fused-ring (bicyclic) bond motifs is 3. The maximum Gasteiger partial charge on any atom is 0.233 e. The van der Waals surface area contributed by atoms with Crippen molar-refractivity contribution in [3.63, 3.8) is 0 Å². The Morgan fingerprint density at radius 3 is 2.53 bits per heavy atom. The number of rotatable bonds is 6. The van der Waals surface area contributed by atoms with Crippen LogP contribution in [0.1, 0.15) is 5.56 Å². The van der Waals surface area contributed by atoms with Gasteiger partial charge in [-0.1, -0.05) is 6.07 Å². The third-order valence-corrected chi connectivity index (χ3v) is 8.72. The summed E-state index contributed by atoms with van der Waals surface area (Å²) < 4.78 is 35.5. The molecule has 4 aromatic carbocycles. The molecule has 3 N–H and O–H groups in total. The van der Waals surface area contributed by atoms with Crippen molar-refractivity contribution >= 4 is 66.9 Å². The average molecular weight is 613 g/mol. The molecule has 216 valence electrons. The number of aromatic nitrogens is 2. The molecule has 6 rings (SSSR count). The number of anilines is 2. The van der Waals surface area contributed by atoms with Crippen LogP contribution < -0.4 is 14.8 Å². The molecule has 0 saturated heterocycles. The maximum absolute atomic E-state index is 13.3. The quantitative estimate of drug-likeness (QED) is 0.128. The number of hydrogen-bond donors (Lipinski definition) is 3. The van der Waals surface area contributed by atoms with Crippen LogP contribution in [0.2, 0.25) is 0 Å². The van der Waals surface area contributed by atoms with E-state index in [1.54, 1.807) is 55.8 Å². The molecule has 0 atom stereocenters. The highest BCUT2D eigenvalue weighted by Gasteiger charge is 2.27. The lowest BCUT2D eigenvalue weighted by atomic mass is 10.1. The first-order valence-electron chi connectivity index (χ1n) is 12.9. The van der Waals surface area contributed by atoms with Crippen molar-refractivity contribution < 1.29 is 18.3 Å². The van der Waals surface area contributed by atoms with Gasteiger partial charge >= 0.3 is 0 Å². The smallest absolute Gasteiger partial charge is 0.233 e.